The standard InChI is InChI=1S/C7H12F3NO2/c1-4(7(8,9)10)11-2-5(12)6(13)3-11/h4-6,12-13H,2-3H2,1H3. The summed E-state index contributed by atoms with van der Waals surface area (Å²) in [6.45, 7) is 0.772. The monoisotopic (exact) mass is 199 g/mol. The van der Waals surface area contributed by atoms with Gasteiger partial charge in [0.2, 0.25) is 0 Å². The van der Waals surface area contributed by atoms with Crippen LogP contribution in [0.2, 0.25) is 0 Å². The molecular weight excluding hydrogens is 187 g/mol. The average Bonchev–Trinajstić information content (AvgIpc) is 2.29. The second-order valence-corrected chi connectivity index (χ2v) is 3.31. The summed E-state index contributed by atoms with van der Waals surface area (Å²) in [6.07, 6.45) is -6.43. The van der Waals surface area contributed by atoms with Gasteiger partial charge >= 0.3 is 6.18 Å². The van der Waals surface area contributed by atoms with Crippen LogP contribution in [0.5, 0.6) is 0 Å². The Hall–Kier alpha value is -0.330. The lowest BCUT2D eigenvalue weighted by Gasteiger charge is -2.25. The molecule has 3 atom stereocenters. The maximum Gasteiger partial charge on any atom is 0.403 e. The molecule has 3 nitrogen and oxygen atoms in total. The van der Waals surface area contributed by atoms with Gasteiger partial charge in [-0.15, -0.1) is 0 Å². The Morgan fingerprint density at radius 3 is 1.92 bits per heavy atom. The van der Waals surface area contributed by atoms with Crippen molar-refractivity contribution in [1.82, 2.24) is 4.90 Å². The molecule has 0 aliphatic carbocycles. The molecule has 0 aromatic carbocycles. The molecule has 0 amide bonds. The summed E-state index contributed by atoms with van der Waals surface area (Å²) >= 11 is 0. The minimum absolute atomic E-state index is 0.123. The van der Waals surface area contributed by atoms with Crippen molar-refractivity contribution in [3.8, 4) is 0 Å². The Morgan fingerprint density at radius 2 is 1.62 bits per heavy atom. The van der Waals surface area contributed by atoms with E-state index in [-0.39, 0.29) is 13.1 Å². The van der Waals surface area contributed by atoms with Crippen molar-refractivity contribution >= 4 is 0 Å². The lowest BCUT2D eigenvalue weighted by atomic mass is 10.3. The molecule has 1 aliphatic rings. The molecule has 1 heterocycles. The highest BCUT2D eigenvalue weighted by molar-refractivity contribution is 4.88. The Bertz CT molecular complexity index is 175. The van der Waals surface area contributed by atoms with Gasteiger partial charge in [-0.05, 0) is 6.92 Å². The molecular formula is C7H12F3NO2. The van der Waals surface area contributed by atoms with Crippen LogP contribution in [-0.4, -0.2) is 52.6 Å². The van der Waals surface area contributed by atoms with Crippen molar-refractivity contribution in [1.29, 1.82) is 0 Å². The van der Waals surface area contributed by atoms with E-state index in [1.807, 2.05) is 0 Å². The largest absolute Gasteiger partial charge is 0.403 e. The number of rotatable bonds is 1. The predicted octanol–water partition coefficient (Wildman–Crippen LogP) is -0.0254. The summed E-state index contributed by atoms with van der Waals surface area (Å²) in [5.41, 5.74) is 0. The van der Waals surface area contributed by atoms with E-state index in [0.717, 1.165) is 11.8 Å². The zero-order valence-electron chi connectivity index (χ0n) is 7.12. The van der Waals surface area contributed by atoms with Gasteiger partial charge in [0.05, 0.1) is 12.2 Å². The third-order valence-corrected chi connectivity index (χ3v) is 2.31. The van der Waals surface area contributed by atoms with Gasteiger partial charge in [0.25, 0.3) is 0 Å². The van der Waals surface area contributed by atoms with E-state index in [1.54, 1.807) is 0 Å². The molecule has 0 radical (unpaired) electrons. The highest BCUT2D eigenvalue weighted by atomic mass is 19.4. The van der Waals surface area contributed by atoms with Gasteiger partial charge < -0.3 is 10.2 Å². The fourth-order valence-corrected chi connectivity index (χ4v) is 1.32. The van der Waals surface area contributed by atoms with Crippen LogP contribution in [0.3, 0.4) is 0 Å². The number of aliphatic hydroxyl groups excluding tert-OH is 2. The second kappa shape index (κ2) is 3.43. The quantitative estimate of drug-likeness (QED) is 0.623. The molecule has 1 rings (SSSR count). The normalized spacial score (nSPS) is 33.7. The third kappa shape index (κ3) is 2.32. The Balaban J connectivity index is 2.56. The number of halogens is 3. The summed E-state index contributed by atoms with van der Waals surface area (Å²) < 4.78 is 36.5. The molecule has 0 spiro atoms. The number of nitrogens with zero attached hydrogens (tertiary/aromatic N) is 1. The summed E-state index contributed by atoms with van der Waals surface area (Å²) in [6, 6.07) is -1.61. The molecule has 0 aromatic heterocycles. The first-order valence-electron chi connectivity index (χ1n) is 3.99. The summed E-state index contributed by atoms with van der Waals surface area (Å²) in [5, 5.41) is 18.0. The molecule has 1 fully saturated rings. The van der Waals surface area contributed by atoms with Crippen LogP contribution in [0.15, 0.2) is 0 Å². The van der Waals surface area contributed by atoms with Crippen LogP contribution in [-0.2, 0) is 0 Å². The van der Waals surface area contributed by atoms with E-state index in [2.05, 4.69) is 0 Å². The lowest BCUT2D eigenvalue weighted by molar-refractivity contribution is -0.177. The summed E-state index contributed by atoms with van der Waals surface area (Å²) in [5.74, 6) is 0. The maximum atomic E-state index is 12.2. The third-order valence-electron chi connectivity index (χ3n) is 2.31. The molecule has 1 saturated heterocycles. The van der Waals surface area contributed by atoms with E-state index < -0.39 is 24.4 Å². The Kier molecular flexibility index (Phi) is 2.84. The maximum absolute atomic E-state index is 12.2. The van der Waals surface area contributed by atoms with Crippen molar-refractivity contribution in [2.45, 2.75) is 31.3 Å². The van der Waals surface area contributed by atoms with Crippen molar-refractivity contribution in [2.75, 3.05) is 13.1 Å². The van der Waals surface area contributed by atoms with Gasteiger partial charge in [0.15, 0.2) is 0 Å². The number of hydrogen-bond donors (Lipinski definition) is 2. The van der Waals surface area contributed by atoms with Crippen LogP contribution in [0.25, 0.3) is 0 Å². The van der Waals surface area contributed by atoms with E-state index in [4.69, 9.17) is 10.2 Å². The highest BCUT2D eigenvalue weighted by Crippen LogP contribution is 2.27. The zero-order valence-corrected chi connectivity index (χ0v) is 7.12. The predicted molar refractivity (Wildman–Crippen MR) is 39.1 cm³/mol. The van der Waals surface area contributed by atoms with Gasteiger partial charge in [0, 0.05) is 13.1 Å². The molecule has 78 valence electrons. The van der Waals surface area contributed by atoms with Crippen molar-refractivity contribution in [3.63, 3.8) is 0 Å². The number of aliphatic hydroxyl groups is 2. The second-order valence-electron chi connectivity index (χ2n) is 3.31. The highest BCUT2D eigenvalue weighted by Gasteiger charge is 2.44. The van der Waals surface area contributed by atoms with E-state index in [9.17, 15) is 13.2 Å². The number of β-amino-alcohol motifs (C(OH)–C–C–N with tert-alkyl or cyclic N) is 2. The summed E-state index contributed by atoms with van der Waals surface area (Å²) in [7, 11) is 0. The fraction of sp³-hybridized carbons (Fsp3) is 1.00. The SMILES string of the molecule is CC(N1CC(O)C(O)C1)C(F)(F)F. The van der Waals surface area contributed by atoms with Crippen molar-refractivity contribution < 1.29 is 23.4 Å². The van der Waals surface area contributed by atoms with Gasteiger partial charge in [-0.25, -0.2) is 0 Å². The van der Waals surface area contributed by atoms with Crippen LogP contribution >= 0.6 is 0 Å². The first kappa shape index (κ1) is 10.7. The Morgan fingerprint density at radius 1 is 1.23 bits per heavy atom. The van der Waals surface area contributed by atoms with Gasteiger partial charge in [0.1, 0.15) is 6.04 Å². The zero-order chi connectivity index (χ0) is 10.2. The lowest BCUT2D eigenvalue weighted by Crippen LogP contribution is -2.42. The van der Waals surface area contributed by atoms with Crippen LogP contribution in [0.1, 0.15) is 6.92 Å². The topological polar surface area (TPSA) is 43.7 Å². The molecule has 2 N–H and O–H groups in total. The minimum Gasteiger partial charge on any atom is -0.389 e. The molecule has 13 heavy (non-hydrogen) atoms. The van der Waals surface area contributed by atoms with Crippen molar-refractivity contribution in [3.05, 3.63) is 0 Å². The molecule has 1 aliphatic heterocycles. The smallest absolute Gasteiger partial charge is 0.389 e. The Labute approximate surface area is 73.8 Å². The fourth-order valence-electron chi connectivity index (χ4n) is 1.32. The number of alkyl halides is 3. The molecule has 0 aromatic rings. The first-order chi connectivity index (χ1) is 5.82. The van der Waals surface area contributed by atoms with Crippen LogP contribution in [0, 0.1) is 0 Å². The van der Waals surface area contributed by atoms with Crippen LogP contribution < -0.4 is 0 Å². The van der Waals surface area contributed by atoms with Crippen LogP contribution in [0.4, 0.5) is 13.2 Å². The van der Waals surface area contributed by atoms with Gasteiger partial charge in [-0.2, -0.15) is 13.2 Å². The minimum atomic E-state index is -4.30. The molecule has 6 heteroatoms. The molecule has 0 saturated carbocycles. The number of hydrogen-bond acceptors (Lipinski definition) is 3. The summed E-state index contributed by atoms with van der Waals surface area (Å²) in [4.78, 5) is 1.02. The van der Waals surface area contributed by atoms with Crippen molar-refractivity contribution in [2.24, 2.45) is 0 Å². The van der Waals surface area contributed by atoms with Gasteiger partial charge in [-0.3, -0.25) is 4.90 Å². The van der Waals surface area contributed by atoms with E-state index in [1.165, 1.54) is 0 Å². The molecule has 0 bridgehead atoms. The average molecular weight is 199 g/mol. The molecule has 3 unspecified atom stereocenters. The van der Waals surface area contributed by atoms with E-state index in [0.29, 0.717) is 0 Å². The van der Waals surface area contributed by atoms with E-state index >= 15 is 0 Å². The van der Waals surface area contributed by atoms with Gasteiger partial charge in [-0.1, -0.05) is 0 Å². The first-order valence-corrected chi connectivity index (χ1v) is 3.99. The number of likely N-dealkylation sites (tertiary alicyclic amines) is 1.